The largest absolute Gasteiger partial charge is 0.497 e. The second-order valence-corrected chi connectivity index (χ2v) is 8.91. The highest BCUT2D eigenvalue weighted by Crippen LogP contribution is 2.16. The topological polar surface area (TPSA) is 49.9 Å². The van der Waals surface area contributed by atoms with Gasteiger partial charge in [-0.2, -0.15) is 4.31 Å². The predicted octanol–water partition coefficient (Wildman–Crippen LogP) is 2.78. The number of ether oxygens (including phenoxy) is 1. The van der Waals surface area contributed by atoms with E-state index in [0.717, 1.165) is 43.8 Å². The molecule has 1 heterocycles. The Balaban J connectivity index is 1.43. The fourth-order valence-electron chi connectivity index (χ4n) is 3.44. The first-order valence-electron chi connectivity index (χ1n) is 9.44. The SMILES string of the molecule is COc1cccc(CCCN2CCN(S(=O)(=O)Cc3ccccc3)CC2)c1. The number of hydrogen-bond acceptors (Lipinski definition) is 4. The van der Waals surface area contributed by atoms with Crippen molar-refractivity contribution in [1.82, 2.24) is 9.21 Å². The highest BCUT2D eigenvalue weighted by molar-refractivity contribution is 7.88. The fraction of sp³-hybridized carbons (Fsp3) is 0.429. The van der Waals surface area contributed by atoms with E-state index in [1.54, 1.807) is 11.4 Å². The summed E-state index contributed by atoms with van der Waals surface area (Å²) in [6.45, 7) is 3.74. The van der Waals surface area contributed by atoms with Gasteiger partial charge in [0.1, 0.15) is 5.75 Å². The molecule has 1 fully saturated rings. The van der Waals surface area contributed by atoms with E-state index in [2.05, 4.69) is 17.0 Å². The minimum atomic E-state index is -3.24. The summed E-state index contributed by atoms with van der Waals surface area (Å²) < 4.78 is 32.1. The van der Waals surface area contributed by atoms with Crippen molar-refractivity contribution in [2.75, 3.05) is 39.8 Å². The van der Waals surface area contributed by atoms with Crippen LogP contribution in [0.4, 0.5) is 0 Å². The van der Waals surface area contributed by atoms with Gasteiger partial charge < -0.3 is 9.64 Å². The number of nitrogens with zero attached hydrogens (tertiary/aromatic N) is 2. The smallest absolute Gasteiger partial charge is 0.218 e. The maximum atomic E-state index is 12.6. The van der Waals surface area contributed by atoms with E-state index in [1.165, 1.54) is 5.56 Å². The lowest BCUT2D eigenvalue weighted by Crippen LogP contribution is -2.49. The number of methoxy groups -OCH3 is 1. The first-order valence-corrected chi connectivity index (χ1v) is 11.0. The number of hydrogen-bond donors (Lipinski definition) is 0. The van der Waals surface area contributed by atoms with Crippen LogP contribution in [-0.4, -0.2) is 57.5 Å². The van der Waals surface area contributed by atoms with Crippen molar-refractivity contribution in [3.8, 4) is 5.75 Å². The first-order chi connectivity index (χ1) is 13.1. The zero-order chi connectivity index (χ0) is 19.1. The normalized spacial score (nSPS) is 16.3. The Labute approximate surface area is 162 Å². The molecule has 0 atom stereocenters. The summed E-state index contributed by atoms with van der Waals surface area (Å²) in [5.41, 5.74) is 2.12. The van der Waals surface area contributed by atoms with Gasteiger partial charge in [0.05, 0.1) is 12.9 Å². The van der Waals surface area contributed by atoms with Gasteiger partial charge >= 0.3 is 0 Å². The van der Waals surface area contributed by atoms with Gasteiger partial charge in [0, 0.05) is 26.2 Å². The Morgan fingerprint density at radius 2 is 1.63 bits per heavy atom. The van der Waals surface area contributed by atoms with Gasteiger partial charge in [-0.05, 0) is 42.6 Å². The van der Waals surface area contributed by atoms with Gasteiger partial charge in [-0.3, -0.25) is 0 Å². The third-order valence-corrected chi connectivity index (χ3v) is 6.84. The molecular weight excluding hydrogens is 360 g/mol. The van der Waals surface area contributed by atoms with Crippen LogP contribution in [0.2, 0.25) is 0 Å². The summed E-state index contributed by atoms with van der Waals surface area (Å²) in [5.74, 6) is 0.980. The molecule has 0 aromatic heterocycles. The summed E-state index contributed by atoms with van der Waals surface area (Å²) >= 11 is 0. The van der Waals surface area contributed by atoms with Crippen molar-refractivity contribution >= 4 is 10.0 Å². The van der Waals surface area contributed by atoms with Crippen molar-refractivity contribution in [2.45, 2.75) is 18.6 Å². The fourth-order valence-corrected chi connectivity index (χ4v) is 4.96. The van der Waals surface area contributed by atoms with Crippen molar-refractivity contribution in [1.29, 1.82) is 0 Å². The minimum absolute atomic E-state index is 0.0870. The molecule has 1 aliphatic heterocycles. The Hall–Kier alpha value is -1.89. The van der Waals surface area contributed by atoms with Crippen molar-refractivity contribution in [2.24, 2.45) is 0 Å². The quantitative estimate of drug-likeness (QED) is 0.698. The van der Waals surface area contributed by atoms with Crippen LogP contribution in [0.25, 0.3) is 0 Å². The first kappa shape index (κ1) is 19.9. The number of piperazine rings is 1. The Kier molecular flexibility index (Phi) is 6.88. The van der Waals surface area contributed by atoms with Crippen LogP contribution >= 0.6 is 0 Å². The standard InChI is InChI=1S/C21H28N2O3S/c1-26-21-11-5-9-19(17-21)10-6-12-22-13-15-23(16-14-22)27(24,25)18-20-7-3-2-4-8-20/h2-5,7-9,11,17H,6,10,12-16,18H2,1H3. The Morgan fingerprint density at radius 3 is 2.33 bits per heavy atom. The van der Waals surface area contributed by atoms with Crippen LogP contribution in [0.15, 0.2) is 54.6 Å². The van der Waals surface area contributed by atoms with E-state index in [9.17, 15) is 8.42 Å². The maximum Gasteiger partial charge on any atom is 0.218 e. The Bertz CT molecular complexity index is 816. The van der Waals surface area contributed by atoms with E-state index in [4.69, 9.17) is 4.74 Å². The lowest BCUT2D eigenvalue weighted by Gasteiger charge is -2.34. The van der Waals surface area contributed by atoms with Gasteiger partial charge in [-0.1, -0.05) is 42.5 Å². The highest BCUT2D eigenvalue weighted by Gasteiger charge is 2.26. The molecule has 1 saturated heterocycles. The Morgan fingerprint density at radius 1 is 0.926 bits per heavy atom. The van der Waals surface area contributed by atoms with Crippen LogP contribution in [0.3, 0.4) is 0 Å². The van der Waals surface area contributed by atoms with Crippen LogP contribution in [0.5, 0.6) is 5.75 Å². The summed E-state index contributed by atoms with van der Waals surface area (Å²) in [5, 5.41) is 0. The molecule has 0 unspecified atom stereocenters. The maximum absolute atomic E-state index is 12.6. The molecule has 0 aliphatic carbocycles. The molecule has 5 nitrogen and oxygen atoms in total. The molecule has 6 heteroatoms. The molecule has 0 N–H and O–H groups in total. The highest BCUT2D eigenvalue weighted by atomic mass is 32.2. The van der Waals surface area contributed by atoms with Gasteiger partial charge in [0.25, 0.3) is 0 Å². The van der Waals surface area contributed by atoms with Crippen LogP contribution < -0.4 is 4.74 Å². The molecule has 3 rings (SSSR count). The van der Waals surface area contributed by atoms with E-state index >= 15 is 0 Å². The lowest BCUT2D eigenvalue weighted by atomic mass is 10.1. The van der Waals surface area contributed by atoms with Crippen LogP contribution in [-0.2, 0) is 22.2 Å². The predicted molar refractivity (Wildman–Crippen MR) is 108 cm³/mol. The third-order valence-electron chi connectivity index (χ3n) is 4.99. The molecule has 2 aromatic rings. The van der Waals surface area contributed by atoms with Crippen LogP contribution in [0, 0.1) is 0 Å². The van der Waals surface area contributed by atoms with E-state index in [0.29, 0.717) is 13.1 Å². The molecular formula is C21H28N2O3S. The summed E-state index contributed by atoms with van der Waals surface area (Å²) in [7, 11) is -1.55. The third kappa shape index (κ3) is 5.79. The van der Waals surface area contributed by atoms with Gasteiger partial charge in [0.15, 0.2) is 0 Å². The molecule has 0 radical (unpaired) electrons. The average Bonchev–Trinajstić information content (AvgIpc) is 2.69. The number of sulfonamides is 1. The molecule has 1 aliphatic rings. The molecule has 146 valence electrons. The van der Waals surface area contributed by atoms with Crippen molar-refractivity contribution in [3.05, 3.63) is 65.7 Å². The summed E-state index contributed by atoms with van der Waals surface area (Å²) in [6.07, 6.45) is 2.06. The number of benzene rings is 2. The number of rotatable bonds is 8. The monoisotopic (exact) mass is 388 g/mol. The second kappa shape index (κ2) is 9.35. The molecule has 0 bridgehead atoms. The summed E-state index contributed by atoms with van der Waals surface area (Å²) in [4.78, 5) is 2.36. The van der Waals surface area contributed by atoms with Gasteiger partial charge in [-0.25, -0.2) is 8.42 Å². The molecule has 0 saturated carbocycles. The average molecular weight is 389 g/mol. The van der Waals surface area contributed by atoms with Crippen molar-refractivity contribution in [3.63, 3.8) is 0 Å². The van der Waals surface area contributed by atoms with Crippen molar-refractivity contribution < 1.29 is 13.2 Å². The minimum Gasteiger partial charge on any atom is -0.497 e. The number of aryl methyl sites for hydroxylation is 1. The second-order valence-electron chi connectivity index (χ2n) is 6.94. The van der Waals surface area contributed by atoms with Gasteiger partial charge in [-0.15, -0.1) is 0 Å². The van der Waals surface area contributed by atoms with E-state index < -0.39 is 10.0 Å². The lowest BCUT2D eigenvalue weighted by molar-refractivity contribution is 0.186. The zero-order valence-corrected chi connectivity index (χ0v) is 16.7. The van der Waals surface area contributed by atoms with Crippen LogP contribution in [0.1, 0.15) is 17.5 Å². The molecule has 27 heavy (non-hydrogen) atoms. The van der Waals surface area contributed by atoms with E-state index in [-0.39, 0.29) is 5.75 Å². The molecule has 0 amide bonds. The molecule has 0 spiro atoms. The van der Waals surface area contributed by atoms with E-state index in [1.807, 2.05) is 42.5 Å². The summed E-state index contributed by atoms with van der Waals surface area (Å²) in [6, 6.07) is 17.6. The van der Waals surface area contributed by atoms with Gasteiger partial charge in [0.2, 0.25) is 10.0 Å². The zero-order valence-electron chi connectivity index (χ0n) is 15.9. The molecule has 2 aromatic carbocycles.